The number of carboxylic acids is 1. The molecule has 110 valence electrons. The highest BCUT2D eigenvalue weighted by Crippen LogP contribution is 2.25. The van der Waals surface area contributed by atoms with Gasteiger partial charge in [-0.25, -0.2) is 0 Å². The number of aromatic hydroxyl groups is 1. The first kappa shape index (κ1) is 16.0. The SMILES string of the molecule is CC(=O)NC(C)CNC(C(=O)O)c1cc(C)ccc1O. The summed E-state index contributed by atoms with van der Waals surface area (Å²) in [5.41, 5.74) is 1.17. The van der Waals surface area contributed by atoms with E-state index in [0.29, 0.717) is 5.56 Å². The molecule has 0 aliphatic rings. The maximum absolute atomic E-state index is 11.3. The Morgan fingerprint density at radius 2 is 2.00 bits per heavy atom. The lowest BCUT2D eigenvalue weighted by molar-refractivity contribution is -0.139. The van der Waals surface area contributed by atoms with Gasteiger partial charge in [0, 0.05) is 25.1 Å². The second-order valence-electron chi connectivity index (χ2n) is 4.84. The molecule has 0 aromatic heterocycles. The van der Waals surface area contributed by atoms with E-state index in [1.165, 1.54) is 13.0 Å². The molecule has 0 saturated carbocycles. The van der Waals surface area contributed by atoms with Crippen LogP contribution in [0, 0.1) is 6.92 Å². The van der Waals surface area contributed by atoms with E-state index in [9.17, 15) is 19.8 Å². The van der Waals surface area contributed by atoms with Gasteiger partial charge in [-0.05, 0) is 19.9 Å². The van der Waals surface area contributed by atoms with Gasteiger partial charge in [-0.15, -0.1) is 0 Å². The molecule has 2 unspecified atom stereocenters. The molecular formula is C14H20N2O4. The van der Waals surface area contributed by atoms with Crippen LogP contribution in [0.4, 0.5) is 0 Å². The van der Waals surface area contributed by atoms with Crippen LogP contribution in [0.2, 0.25) is 0 Å². The Morgan fingerprint density at radius 1 is 1.35 bits per heavy atom. The Balaban J connectivity index is 2.82. The Bertz CT molecular complexity index is 502. The lowest BCUT2D eigenvalue weighted by Gasteiger charge is -2.20. The molecule has 0 heterocycles. The smallest absolute Gasteiger partial charge is 0.325 e. The number of amides is 1. The predicted octanol–water partition coefficient (Wildman–Crippen LogP) is 0.941. The molecule has 0 aliphatic heterocycles. The standard InChI is InChI=1S/C14H20N2O4/c1-8-4-5-12(18)11(6-8)13(14(19)20)15-7-9(2)16-10(3)17/h4-6,9,13,15,18H,7H2,1-3H3,(H,16,17)(H,19,20). The molecule has 0 spiro atoms. The predicted molar refractivity (Wildman–Crippen MR) is 74.5 cm³/mol. The van der Waals surface area contributed by atoms with Gasteiger partial charge >= 0.3 is 5.97 Å². The minimum absolute atomic E-state index is 0.0670. The zero-order valence-corrected chi connectivity index (χ0v) is 11.8. The topological polar surface area (TPSA) is 98.7 Å². The van der Waals surface area contributed by atoms with Crippen molar-refractivity contribution >= 4 is 11.9 Å². The number of hydrogen-bond acceptors (Lipinski definition) is 4. The van der Waals surface area contributed by atoms with Crippen LogP contribution in [0.5, 0.6) is 5.75 Å². The van der Waals surface area contributed by atoms with Crippen LogP contribution in [0.3, 0.4) is 0 Å². The number of phenolic OH excluding ortho intramolecular Hbond substituents is 1. The second kappa shape index (κ2) is 6.91. The van der Waals surface area contributed by atoms with Crippen molar-refractivity contribution in [1.82, 2.24) is 10.6 Å². The summed E-state index contributed by atoms with van der Waals surface area (Å²) >= 11 is 0. The summed E-state index contributed by atoms with van der Waals surface area (Å²) in [6.07, 6.45) is 0. The van der Waals surface area contributed by atoms with E-state index in [2.05, 4.69) is 10.6 Å². The second-order valence-corrected chi connectivity index (χ2v) is 4.84. The number of aryl methyl sites for hydroxylation is 1. The number of hydrogen-bond donors (Lipinski definition) is 4. The quantitative estimate of drug-likeness (QED) is 0.621. The van der Waals surface area contributed by atoms with E-state index in [4.69, 9.17) is 0 Å². The summed E-state index contributed by atoms with van der Waals surface area (Å²) in [6, 6.07) is 3.58. The van der Waals surface area contributed by atoms with Crippen LogP contribution in [-0.4, -0.2) is 34.7 Å². The van der Waals surface area contributed by atoms with Gasteiger partial charge in [0.05, 0.1) is 0 Å². The van der Waals surface area contributed by atoms with Crippen molar-refractivity contribution in [3.63, 3.8) is 0 Å². The van der Waals surface area contributed by atoms with Crippen molar-refractivity contribution < 1.29 is 19.8 Å². The van der Waals surface area contributed by atoms with Crippen molar-refractivity contribution in [1.29, 1.82) is 0 Å². The van der Waals surface area contributed by atoms with Crippen molar-refractivity contribution in [3.8, 4) is 5.75 Å². The average molecular weight is 280 g/mol. The Hall–Kier alpha value is -2.08. The first-order valence-corrected chi connectivity index (χ1v) is 6.34. The summed E-state index contributed by atoms with van der Waals surface area (Å²) in [5.74, 6) is -1.33. The van der Waals surface area contributed by atoms with Gasteiger partial charge in [-0.3, -0.25) is 14.9 Å². The third kappa shape index (κ3) is 4.55. The number of carbonyl (C=O) groups is 2. The van der Waals surface area contributed by atoms with E-state index < -0.39 is 12.0 Å². The van der Waals surface area contributed by atoms with Gasteiger partial charge < -0.3 is 15.5 Å². The first-order valence-electron chi connectivity index (χ1n) is 6.34. The van der Waals surface area contributed by atoms with Gasteiger partial charge in [-0.2, -0.15) is 0 Å². The molecule has 0 aliphatic carbocycles. The fourth-order valence-electron chi connectivity index (χ4n) is 1.93. The highest BCUT2D eigenvalue weighted by atomic mass is 16.4. The van der Waals surface area contributed by atoms with E-state index in [-0.39, 0.29) is 24.2 Å². The fourth-order valence-corrected chi connectivity index (χ4v) is 1.93. The molecule has 6 nitrogen and oxygen atoms in total. The zero-order valence-electron chi connectivity index (χ0n) is 11.8. The van der Waals surface area contributed by atoms with E-state index in [0.717, 1.165) is 5.56 Å². The van der Waals surface area contributed by atoms with Gasteiger partial charge in [0.1, 0.15) is 11.8 Å². The summed E-state index contributed by atoms with van der Waals surface area (Å²) in [6.45, 7) is 5.27. The first-order chi connectivity index (χ1) is 9.31. The average Bonchev–Trinajstić information content (AvgIpc) is 2.32. The molecule has 1 rings (SSSR count). The number of phenols is 1. The minimum Gasteiger partial charge on any atom is -0.508 e. The third-order valence-electron chi connectivity index (χ3n) is 2.82. The molecule has 20 heavy (non-hydrogen) atoms. The van der Waals surface area contributed by atoms with Crippen molar-refractivity contribution in [2.45, 2.75) is 32.9 Å². The van der Waals surface area contributed by atoms with Gasteiger partial charge in [0.25, 0.3) is 0 Å². The lowest BCUT2D eigenvalue weighted by Crippen LogP contribution is -2.41. The largest absolute Gasteiger partial charge is 0.508 e. The van der Waals surface area contributed by atoms with Crippen LogP contribution in [0.25, 0.3) is 0 Å². The summed E-state index contributed by atoms with van der Waals surface area (Å²) in [7, 11) is 0. The molecule has 0 saturated heterocycles. The molecule has 6 heteroatoms. The number of nitrogens with one attached hydrogen (secondary N) is 2. The summed E-state index contributed by atoms with van der Waals surface area (Å²) < 4.78 is 0. The highest BCUT2D eigenvalue weighted by Gasteiger charge is 2.23. The number of carbonyl (C=O) groups excluding carboxylic acids is 1. The Morgan fingerprint density at radius 3 is 2.55 bits per heavy atom. The fraction of sp³-hybridized carbons (Fsp3) is 0.429. The van der Waals surface area contributed by atoms with Crippen LogP contribution >= 0.6 is 0 Å². The van der Waals surface area contributed by atoms with Gasteiger partial charge in [-0.1, -0.05) is 17.7 Å². The van der Waals surface area contributed by atoms with E-state index in [1.807, 2.05) is 6.92 Å². The number of rotatable bonds is 6. The van der Waals surface area contributed by atoms with Crippen LogP contribution in [-0.2, 0) is 9.59 Å². The van der Waals surface area contributed by atoms with E-state index >= 15 is 0 Å². The van der Waals surface area contributed by atoms with Crippen LogP contribution < -0.4 is 10.6 Å². The van der Waals surface area contributed by atoms with Crippen molar-refractivity contribution in [3.05, 3.63) is 29.3 Å². The number of benzene rings is 1. The number of aliphatic carboxylic acids is 1. The van der Waals surface area contributed by atoms with Crippen molar-refractivity contribution in [2.24, 2.45) is 0 Å². The Labute approximate surface area is 117 Å². The Kier molecular flexibility index (Phi) is 5.52. The van der Waals surface area contributed by atoms with E-state index in [1.54, 1.807) is 19.1 Å². The molecule has 1 aromatic rings. The highest BCUT2D eigenvalue weighted by molar-refractivity contribution is 5.77. The molecule has 4 N–H and O–H groups in total. The maximum Gasteiger partial charge on any atom is 0.325 e. The maximum atomic E-state index is 11.3. The zero-order chi connectivity index (χ0) is 15.3. The molecule has 2 atom stereocenters. The minimum atomic E-state index is -1.08. The molecular weight excluding hydrogens is 260 g/mol. The molecule has 0 fully saturated rings. The monoisotopic (exact) mass is 280 g/mol. The summed E-state index contributed by atoms with van der Waals surface area (Å²) in [4.78, 5) is 22.2. The number of carboxylic acid groups (broad SMARTS) is 1. The normalized spacial score (nSPS) is 13.6. The molecule has 0 radical (unpaired) electrons. The lowest BCUT2D eigenvalue weighted by atomic mass is 10.0. The third-order valence-corrected chi connectivity index (χ3v) is 2.82. The molecule has 1 amide bonds. The van der Waals surface area contributed by atoms with Crippen LogP contribution in [0.1, 0.15) is 31.0 Å². The van der Waals surface area contributed by atoms with Crippen LogP contribution in [0.15, 0.2) is 18.2 Å². The summed E-state index contributed by atoms with van der Waals surface area (Å²) in [5, 5.41) is 24.6. The molecule has 1 aromatic carbocycles. The van der Waals surface area contributed by atoms with Crippen molar-refractivity contribution in [2.75, 3.05) is 6.54 Å². The van der Waals surface area contributed by atoms with Gasteiger partial charge in [0.2, 0.25) is 5.91 Å². The molecule has 0 bridgehead atoms. The van der Waals surface area contributed by atoms with Gasteiger partial charge in [0.15, 0.2) is 0 Å².